The summed E-state index contributed by atoms with van der Waals surface area (Å²) in [6, 6.07) is 0. The molecule has 3 heteroatoms. The van der Waals surface area contributed by atoms with Crippen LogP contribution < -0.4 is 5.73 Å². The molecule has 0 rings (SSSR count). The monoisotopic (exact) mass is 103 g/mol. The summed E-state index contributed by atoms with van der Waals surface area (Å²) in [5.74, 6) is 0. The second-order valence-electron chi connectivity index (χ2n) is 1.14. The standard InChI is InChI=1S/C4H9NO2/c5-3-4(7)1-2-6/h1-2,4,6-7H,3,5H2. The van der Waals surface area contributed by atoms with E-state index in [0.29, 0.717) is 0 Å². The van der Waals surface area contributed by atoms with Gasteiger partial charge in [-0.3, -0.25) is 0 Å². The Bertz CT molecular complexity index is 62.7. The van der Waals surface area contributed by atoms with Gasteiger partial charge in [0.2, 0.25) is 0 Å². The molecule has 0 aromatic carbocycles. The molecule has 0 radical (unpaired) electrons. The van der Waals surface area contributed by atoms with Gasteiger partial charge in [0.05, 0.1) is 12.4 Å². The van der Waals surface area contributed by atoms with Crippen LogP contribution in [0.25, 0.3) is 0 Å². The Morgan fingerprint density at radius 2 is 2.29 bits per heavy atom. The van der Waals surface area contributed by atoms with Gasteiger partial charge in [0.1, 0.15) is 0 Å². The first kappa shape index (κ1) is 6.46. The molecule has 3 nitrogen and oxygen atoms in total. The van der Waals surface area contributed by atoms with Gasteiger partial charge in [-0.15, -0.1) is 0 Å². The predicted molar refractivity (Wildman–Crippen MR) is 26.8 cm³/mol. The van der Waals surface area contributed by atoms with Crippen molar-refractivity contribution in [3.63, 3.8) is 0 Å². The summed E-state index contributed by atoms with van der Waals surface area (Å²) < 4.78 is 0. The minimum Gasteiger partial charge on any atom is -0.516 e. The van der Waals surface area contributed by atoms with Crippen molar-refractivity contribution in [1.82, 2.24) is 0 Å². The van der Waals surface area contributed by atoms with Crippen LogP contribution in [0, 0.1) is 0 Å². The number of rotatable bonds is 2. The third kappa shape index (κ3) is 3.29. The zero-order valence-electron chi connectivity index (χ0n) is 3.91. The molecule has 0 spiro atoms. The fourth-order valence-corrected chi connectivity index (χ4v) is 0.178. The molecule has 42 valence electrons. The second-order valence-corrected chi connectivity index (χ2v) is 1.14. The Balaban J connectivity index is 3.16. The van der Waals surface area contributed by atoms with E-state index in [-0.39, 0.29) is 6.54 Å². The van der Waals surface area contributed by atoms with E-state index in [9.17, 15) is 0 Å². The first-order chi connectivity index (χ1) is 3.31. The smallest absolute Gasteiger partial charge is 0.0875 e. The molecule has 0 bridgehead atoms. The Labute approximate surface area is 42.1 Å². The van der Waals surface area contributed by atoms with Gasteiger partial charge >= 0.3 is 0 Å². The molecule has 0 heterocycles. The highest BCUT2D eigenvalue weighted by Crippen LogP contribution is 1.77. The van der Waals surface area contributed by atoms with Gasteiger partial charge in [-0.1, -0.05) is 0 Å². The molecule has 1 unspecified atom stereocenters. The molecular weight excluding hydrogens is 94.0 g/mol. The van der Waals surface area contributed by atoms with Crippen LogP contribution in [0.2, 0.25) is 0 Å². The van der Waals surface area contributed by atoms with Crippen molar-refractivity contribution in [2.45, 2.75) is 6.10 Å². The minimum atomic E-state index is -0.704. The first-order valence-electron chi connectivity index (χ1n) is 2.00. The lowest BCUT2D eigenvalue weighted by atomic mass is 10.4. The summed E-state index contributed by atoms with van der Waals surface area (Å²) in [4.78, 5) is 0. The lowest BCUT2D eigenvalue weighted by Crippen LogP contribution is -2.16. The van der Waals surface area contributed by atoms with Crippen LogP contribution in [-0.2, 0) is 0 Å². The van der Waals surface area contributed by atoms with Gasteiger partial charge < -0.3 is 15.9 Å². The molecule has 4 N–H and O–H groups in total. The molecular formula is C4H9NO2. The van der Waals surface area contributed by atoms with Crippen molar-refractivity contribution in [3.8, 4) is 0 Å². The van der Waals surface area contributed by atoms with Crippen LogP contribution in [0.5, 0.6) is 0 Å². The summed E-state index contributed by atoms with van der Waals surface area (Å²) >= 11 is 0. The van der Waals surface area contributed by atoms with E-state index in [0.717, 1.165) is 6.26 Å². The molecule has 0 aliphatic carbocycles. The fraction of sp³-hybridized carbons (Fsp3) is 0.500. The fourth-order valence-electron chi connectivity index (χ4n) is 0.178. The Hall–Kier alpha value is -0.540. The lowest BCUT2D eigenvalue weighted by Gasteiger charge is -1.94. The van der Waals surface area contributed by atoms with Crippen molar-refractivity contribution < 1.29 is 10.2 Å². The van der Waals surface area contributed by atoms with Gasteiger partial charge in [-0.25, -0.2) is 0 Å². The molecule has 1 atom stereocenters. The maximum Gasteiger partial charge on any atom is 0.0875 e. The van der Waals surface area contributed by atoms with Gasteiger partial charge in [0.15, 0.2) is 0 Å². The molecule has 7 heavy (non-hydrogen) atoms. The number of aliphatic hydroxyl groups excluding tert-OH is 2. The molecule has 0 saturated heterocycles. The quantitative estimate of drug-likeness (QED) is 0.408. The zero-order chi connectivity index (χ0) is 5.70. The van der Waals surface area contributed by atoms with Crippen LogP contribution in [-0.4, -0.2) is 22.9 Å². The number of hydrogen-bond donors (Lipinski definition) is 3. The number of nitrogens with two attached hydrogens (primary N) is 1. The highest BCUT2D eigenvalue weighted by molar-refractivity contribution is 4.81. The highest BCUT2D eigenvalue weighted by Gasteiger charge is 1.89. The molecule has 0 saturated carbocycles. The minimum absolute atomic E-state index is 0.150. The zero-order valence-corrected chi connectivity index (χ0v) is 3.91. The van der Waals surface area contributed by atoms with E-state index in [2.05, 4.69) is 0 Å². The highest BCUT2D eigenvalue weighted by atomic mass is 16.3. The molecule has 0 aliphatic heterocycles. The molecule has 0 aromatic rings. The van der Waals surface area contributed by atoms with E-state index in [1.807, 2.05) is 0 Å². The Kier molecular flexibility index (Phi) is 3.36. The topological polar surface area (TPSA) is 66.5 Å². The van der Waals surface area contributed by atoms with E-state index < -0.39 is 6.10 Å². The summed E-state index contributed by atoms with van der Waals surface area (Å²) in [5, 5.41) is 16.5. The van der Waals surface area contributed by atoms with Crippen LogP contribution >= 0.6 is 0 Å². The van der Waals surface area contributed by atoms with Crippen LogP contribution in [0.1, 0.15) is 0 Å². The molecule has 0 amide bonds. The normalized spacial score (nSPS) is 15.1. The van der Waals surface area contributed by atoms with E-state index >= 15 is 0 Å². The number of aliphatic hydroxyl groups is 2. The van der Waals surface area contributed by atoms with Crippen molar-refractivity contribution in [2.24, 2.45) is 5.73 Å². The first-order valence-corrected chi connectivity index (χ1v) is 2.00. The van der Waals surface area contributed by atoms with Crippen LogP contribution in [0.15, 0.2) is 12.3 Å². The van der Waals surface area contributed by atoms with Gasteiger partial charge in [0, 0.05) is 6.54 Å². The van der Waals surface area contributed by atoms with Crippen LogP contribution in [0.3, 0.4) is 0 Å². The maximum absolute atomic E-state index is 8.49. The number of hydrogen-bond acceptors (Lipinski definition) is 3. The third-order valence-corrected chi connectivity index (χ3v) is 0.550. The Morgan fingerprint density at radius 3 is 2.43 bits per heavy atom. The Morgan fingerprint density at radius 1 is 1.71 bits per heavy atom. The molecule has 0 aliphatic rings. The second kappa shape index (κ2) is 3.64. The third-order valence-electron chi connectivity index (χ3n) is 0.550. The largest absolute Gasteiger partial charge is 0.516 e. The average molecular weight is 103 g/mol. The van der Waals surface area contributed by atoms with Gasteiger partial charge in [-0.05, 0) is 6.08 Å². The van der Waals surface area contributed by atoms with Crippen molar-refractivity contribution >= 4 is 0 Å². The van der Waals surface area contributed by atoms with Gasteiger partial charge in [-0.2, -0.15) is 0 Å². The maximum atomic E-state index is 8.49. The van der Waals surface area contributed by atoms with E-state index in [4.69, 9.17) is 15.9 Å². The molecule has 0 aromatic heterocycles. The van der Waals surface area contributed by atoms with Crippen molar-refractivity contribution in [2.75, 3.05) is 6.54 Å². The summed E-state index contributed by atoms with van der Waals surface area (Å²) in [6.07, 6.45) is 1.28. The lowest BCUT2D eigenvalue weighted by molar-refractivity contribution is 0.228. The van der Waals surface area contributed by atoms with E-state index in [1.54, 1.807) is 0 Å². The summed E-state index contributed by atoms with van der Waals surface area (Å²) in [6.45, 7) is 0.150. The van der Waals surface area contributed by atoms with Gasteiger partial charge in [0.25, 0.3) is 0 Å². The summed E-state index contributed by atoms with van der Waals surface area (Å²) in [7, 11) is 0. The van der Waals surface area contributed by atoms with Crippen molar-refractivity contribution in [3.05, 3.63) is 12.3 Å². The van der Waals surface area contributed by atoms with E-state index in [1.165, 1.54) is 6.08 Å². The summed E-state index contributed by atoms with van der Waals surface area (Å²) in [5.41, 5.74) is 4.95. The predicted octanol–water partition coefficient (Wildman–Crippen LogP) is -0.622. The van der Waals surface area contributed by atoms with Crippen molar-refractivity contribution in [1.29, 1.82) is 0 Å². The average Bonchev–Trinajstić information content (AvgIpc) is 1.68. The SMILES string of the molecule is NCC(O)C=CO. The van der Waals surface area contributed by atoms with Crippen LogP contribution in [0.4, 0.5) is 0 Å². The molecule has 0 fully saturated rings.